The molecule has 5 unspecified atom stereocenters. The smallest absolute Gasteiger partial charge is 0.232 e. The predicted octanol–water partition coefficient (Wildman–Crippen LogP) is 2.73. The Morgan fingerprint density at radius 3 is 2.56 bits per heavy atom. The number of methoxy groups -OCH3 is 3. The number of aliphatic hydroxyl groups is 2. The minimum absolute atomic E-state index is 0.152. The molecule has 0 aliphatic carbocycles. The highest BCUT2D eigenvalue weighted by Gasteiger charge is 2.42. The lowest BCUT2D eigenvalue weighted by molar-refractivity contribution is -0.154. The normalized spacial score (nSPS) is 24.0. The van der Waals surface area contributed by atoms with Crippen molar-refractivity contribution >= 4 is 11.6 Å². The molecule has 232 valence electrons. The summed E-state index contributed by atoms with van der Waals surface area (Å²) in [5.74, 6) is 0.277. The number of nitrogens with one attached hydrogen (secondary N) is 1. The molecule has 5 atom stereocenters. The monoisotopic (exact) mass is 598 g/mol. The number of aromatic nitrogens is 4. The Kier molecular flexibility index (Phi) is 10.6. The van der Waals surface area contributed by atoms with Gasteiger partial charge < -0.3 is 40.2 Å². The molecule has 1 aromatic carbocycles. The molecule has 5 N–H and O–H groups in total. The molecule has 2 aliphatic rings. The van der Waals surface area contributed by atoms with Crippen LogP contribution in [0.4, 0.5) is 10.3 Å². The Morgan fingerprint density at radius 2 is 1.91 bits per heavy atom. The first kappa shape index (κ1) is 32.2. The van der Waals surface area contributed by atoms with Gasteiger partial charge in [0.15, 0.2) is 6.29 Å². The van der Waals surface area contributed by atoms with Crippen LogP contribution in [-0.4, -0.2) is 82.7 Å². The molecular weight excluding hydrogens is 559 g/mol. The third-order valence-electron chi connectivity index (χ3n) is 7.48. The van der Waals surface area contributed by atoms with Crippen molar-refractivity contribution in [3.63, 3.8) is 0 Å². The van der Waals surface area contributed by atoms with Crippen LogP contribution in [-0.2, 0) is 20.6 Å². The largest absolute Gasteiger partial charge is 0.480 e. The molecule has 3 aromatic rings. The van der Waals surface area contributed by atoms with Crippen LogP contribution < -0.4 is 15.8 Å². The van der Waals surface area contributed by atoms with Crippen LogP contribution in [0.25, 0.3) is 17.0 Å². The van der Waals surface area contributed by atoms with Gasteiger partial charge >= 0.3 is 0 Å². The highest BCUT2D eigenvalue weighted by Crippen LogP contribution is 2.38. The number of benzene rings is 1. The third kappa shape index (κ3) is 7.08. The van der Waals surface area contributed by atoms with Crippen molar-refractivity contribution in [3.8, 4) is 17.1 Å². The minimum atomic E-state index is -0.991. The fraction of sp³-hybridized carbons (Fsp3) is 0.467. The van der Waals surface area contributed by atoms with Crippen LogP contribution in [0, 0.1) is 12.7 Å². The molecule has 2 aliphatic heterocycles. The molecule has 12 nitrogen and oxygen atoms in total. The quantitative estimate of drug-likeness (QED) is 0.314. The predicted molar refractivity (Wildman–Crippen MR) is 157 cm³/mol. The van der Waals surface area contributed by atoms with Crippen LogP contribution >= 0.6 is 0 Å². The van der Waals surface area contributed by atoms with Gasteiger partial charge in [-0.25, -0.2) is 19.3 Å². The van der Waals surface area contributed by atoms with Crippen molar-refractivity contribution in [3.05, 3.63) is 64.5 Å². The van der Waals surface area contributed by atoms with Crippen molar-refractivity contribution in [2.75, 3.05) is 33.7 Å². The first-order valence-electron chi connectivity index (χ1n) is 13.9. The van der Waals surface area contributed by atoms with Crippen LogP contribution in [0.2, 0.25) is 0 Å². The van der Waals surface area contributed by atoms with E-state index in [4.69, 9.17) is 24.7 Å². The topological polar surface area (TPSA) is 167 Å². The average Bonchev–Trinajstić information content (AvgIpc) is 3.28. The number of halogens is 1. The van der Waals surface area contributed by atoms with Gasteiger partial charge in [0, 0.05) is 37.5 Å². The molecule has 0 radical (unpaired) electrons. The minimum Gasteiger partial charge on any atom is -0.480 e. The van der Waals surface area contributed by atoms with E-state index in [0.29, 0.717) is 23.6 Å². The maximum Gasteiger partial charge on any atom is 0.232 e. The van der Waals surface area contributed by atoms with E-state index in [1.807, 2.05) is 6.92 Å². The lowest BCUT2D eigenvalue weighted by Gasteiger charge is -2.32. The second kappa shape index (κ2) is 14.1. The molecule has 0 spiro atoms. The van der Waals surface area contributed by atoms with Crippen molar-refractivity contribution in [1.82, 2.24) is 25.3 Å². The van der Waals surface area contributed by atoms with E-state index in [0.717, 1.165) is 34.6 Å². The number of allylic oxidation sites excluding steroid dienone is 1. The van der Waals surface area contributed by atoms with Crippen molar-refractivity contribution in [1.29, 1.82) is 0 Å². The maximum atomic E-state index is 14.2. The van der Waals surface area contributed by atoms with Gasteiger partial charge in [-0.05, 0) is 43.5 Å². The Labute approximate surface area is 250 Å². The van der Waals surface area contributed by atoms with Crippen LogP contribution in [0.3, 0.4) is 0 Å². The fourth-order valence-electron chi connectivity index (χ4n) is 5.16. The highest BCUT2D eigenvalue weighted by molar-refractivity contribution is 5.74. The van der Waals surface area contributed by atoms with Crippen LogP contribution in [0.5, 0.6) is 5.88 Å². The molecule has 0 amide bonds. The second-order valence-electron chi connectivity index (χ2n) is 10.3. The van der Waals surface area contributed by atoms with E-state index < -0.39 is 24.6 Å². The average molecular weight is 599 g/mol. The molecule has 4 heterocycles. The number of nitrogens with two attached hydrogens (primary N) is 1. The molecule has 0 bridgehead atoms. The number of nitrogen functional groups attached to an aromatic ring is 1. The number of hydrogen-bond donors (Lipinski definition) is 4. The summed E-state index contributed by atoms with van der Waals surface area (Å²) in [4.78, 5) is 17.5. The summed E-state index contributed by atoms with van der Waals surface area (Å²) in [6.07, 6.45) is 1.40. The zero-order valence-electron chi connectivity index (χ0n) is 25.2. The molecule has 5 rings (SSSR count). The fourth-order valence-corrected chi connectivity index (χ4v) is 5.16. The molecular formula is C30H39FN6O6. The number of aryl methyl sites for hydroxylation is 1. The zero-order valence-corrected chi connectivity index (χ0v) is 25.2. The Morgan fingerprint density at radius 1 is 1.14 bits per heavy atom. The number of anilines is 1. The van der Waals surface area contributed by atoms with Crippen LogP contribution in [0.1, 0.15) is 48.8 Å². The Hall–Kier alpha value is -3.75. The van der Waals surface area contributed by atoms with Gasteiger partial charge in [-0.15, -0.1) is 0 Å². The standard InChI is InChI=1S/C23H25FN6O.C7H14O5/c1-5-12(2)22-21-13(3)27-23(25)30-18(21)9-17(29-22)15-7-6-14(24)8-16(15)19-10-26-11-20(28-19)31-4;1-10-3-4-5(8)6(9)7(11-2)12-4/h6-8,10-11,17,29H,5,9H2,1-4H3,(H2,25,27,30);4-9H,3H2,1-2H3/b22-12+;. The summed E-state index contributed by atoms with van der Waals surface area (Å²) >= 11 is 0. The van der Waals surface area contributed by atoms with Gasteiger partial charge in [0.25, 0.3) is 0 Å². The number of ether oxygens (including phenoxy) is 4. The molecule has 0 saturated carbocycles. The van der Waals surface area contributed by atoms with Crippen molar-refractivity contribution < 1.29 is 33.6 Å². The van der Waals surface area contributed by atoms with Gasteiger partial charge in [-0.1, -0.05) is 13.0 Å². The molecule has 13 heteroatoms. The SMILES string of the molecule is CC/C(C)=C1/NC(c2ccc(F)cc2-c2cncc(OC)n2)Cc2nc(N)nc(C)c21.COCC1OC(OC)C(O)C1O. The van der Waals surface area contributed by atoms with Crippen molar-refractivity contribution in [2.24, 2.45) is 0 Å². The van der Waals surface area contributed by atoms with Crippen molar-refractivity contribution in [2.45, 2.75) is 64.3 Å². The first-order valence-corrected chi connectivity index (χ1v) is 13.9. The summed E-state index contributed by atoms with van der Waals surface area (Å²) in [6, 6.07) is 4.57. The number of aliphatic hydroxyl groups excluding tert-OH is 2. The van der Waals surface area contributed by atoms with Gasteiger partial charge in [0.05, 0.1) is 49.2 Å². The number of nitrogens with zero attached hydrogens (tertiary/aromatic N) is 4. The summed E-state index contributed by atoms with van der Waals surface area (Å²) < 4.78 is 34.1. The Balaban J connectivity index is 0.000000296. The van der Waals surface area contributed by atoms with Gasteiger partial charge in [-0.3, -0.25) is 4.98 Å². The summed E-state index contributed by atoms with van der Waals surface area (Å²) in [5.41, 5.74) is 12.9. The lowest BCUT2D eigenvalue weighted by Crippen LogP contribution is -2.34. The molecule has 1 fully saturated rings. The van der Waals surface area contributed by atoms with Gasteiger partial charge in [0.2, 0.25) is 11.8 Å². The second-order valence-corrected chi connectivity index (χ2v) is 10.3. The number of fused-ring (bicyclic) bond motifs is 1. The lowest BCUT2D eigenvalue weighted by atomic mass is 9.88. The highest BCUT2D eigenvalue weighted by atomic mass is 19.1. The van der Waals surface area contributed by atoms with Gasteiger partial charge in [0.1, 0.15) is 24.1 Å². The molecule has 1 saturated heterocycles. The summed E-state index contributed by atoms with van der Waals surface area (Å²) in [6.45, 7) is 6.38. The molecule has 43 heavy (non-hydrogen) atoms. The van der Waals surface area contributed by atoms with E-state index in [9.17, 15) is 14.6 Å². The number of hydrogen-bond acceptors (Lipinski definition) is 12. The Bertz CT molecular complexity index is 1460. The van der Waals surface area contributed by atoms with E-state index in [1.54, 1.807) is 12.3 Å². The van der Waals surface area contributed by atoms with Crippen LogP contribution in [0.15, 0.2) is 36.2 Å². The summed E-state index contributed by atoms with van der Waals surface area (Å²) in [5, 5.41) is 22.3. The first-order chi connectivity index (χ1) is 20.6. The maximum absolute atomic E-state index is 14.2. The van der Waals surface area contributed by atoms with E-state index in [1.165, 1.54) is 45.2 Å². The van der Waals surface area contributed by atoms with Gasteiger partial charge in [-0.2, -0.15) is 0 Å². The number of rotatable bonds is 7. The van der Waals surface area contributed by atoms with E-state index in [-0.39, 0.29) is 24.4 Å². The van der Waals surface area contributed by atoms with E-state index in [2.05, 4.69) is 39.1 Å². The molecule has 2 aromatic heterocycles. The third-order valence-corrected chi connectivity index (χ3v) is 7.48. The summed E-state index contributed by atoms with van der Waals surface area (Å²) in [7, 11) is 4.44. The zero-order chi connectivity index (χ0) is 31.3. The van der Waals surface area contributed by atoms with E-state index >= 15 is 0 Å².